The summed E-state index contributed by atoms with van der Waals surface area (Å²) in [5, 5.41) is 0. The van der Waals surface area contributed by atoms with Crippen molar-refractivity contribution in [3.05, 3.63) is 61.0 Å². The molecular weight excluding hydrogens is 664 g/mol. The van der Waals surface area contributed by atoms with Gasteiger partial charge < -0.3 is 9.47 Å². The Labute approximate surface area is 227 Å². The SMILES string of the molecule is C=CCOc1c(C)c(Br)c(C2(C)C(Br)=C(C)C(C)(OCC=C)C(C)(C)C2(C)Br)c(Br)c1C. The van der Waals surface area contributed by atoms with E-state index >= 15 is 0 Å². The first-order valence-electron chi connectivity index (χ1n) is 10.6. The van der Waals surface area contributed by atoms with Crippen LogP contribution in [0.25, 0.3) is 0 Å². The Morgan fingerprint density at radius 2 is 1.31 bits per heavy atom. The fourth-order valence-electron chi connectivity index (χ4n) is 4.94. The lowest BCUT2D eigenvalue weighted by Crippen LogP contribution is -2.66. The summed E-state index contributed by atoms with van der Waals surface area (Å²) in [4.78, 5) is 0. The van der Waals surface area contributed by atoms with Crippen LogP contribution in [0, 0.1) is 19.3 Å². The van der Waals surface area contributed by atoms with Gasteiger partial charge in [-0.1, -0.05) is 96.3 Å². The maximum absolute atomic E-state index is 6.46. The van der Waals surface area contributed by atoms with Gasteiger partial charge in [-0.05, 0) is 52.7 Å². The molecule has 0 fully saturated rings. The first-order chi connectivity index (χ1) is 14.6. The molecule has 2 nitrogen and oxygen atoms in total. The lowest BCUT2D eigenvalue weighted by Gasteiger charge is -2.63. The third-order valence-electron chi connectivity index (χ3n) is 7.90. The van der Waals surface area contributed by atoms with Crippen LogP contribution in [-0.4, -0.2) is 23.1 Å². The number of rotatable bonds is 7. The van der Waals surface area contributed by atoms with Gasteiger partial charge >= 0.3 is 0 Å². The van der Waals surface area contributed by atoms with E-state index in [0.29, 0.717) is 13.2 Å². The molecule has 1 aliphatic carbocycles. The molecule has 0 radical (unpaired) electrons. The Balaban J connectivity index is 2.97. The van der Waals surface area contributed by atoms with Gasteiger partial charge in [-0.3, -0.25) is 0 Å². The van der Waals surface area contributed by atoms with Crippen molar-refractivity contribution in [3.8, 4) is 5.75 Å². The smallest absolute Gasteiger partial charge is 0.127 e. The van der Waals surface area contributed by atoms with Gasteiger partial charge in [0.2, 0.25) is 0 Å². The van der Waals surface area contributed by atoms with Crippen LogP contribution >= 0.6 is 63.7 Å². The van der Waals surface area contributed by atoms with Crippen molar-refractivity contribution in [1.82, 2.24) is 0 Å². The molecule has 1 aromatic rings. The molecule has 178 valence electrons. The van der Waals surface area contributed by atoms with E-state index in [9.17, 15) is 0 Å². The van der Waals surface area contributed by atoms with Gasteiger partial charge in [0.1, 0.15) is 12.4 Å². The van der Waals surface area contributed by atoms with Crippen molar-refractivity contribution < 1.29 is 9.47 Å². The Morgan fingerprint density at radius 1 is 0.844 bits per heavy atom. The van der Waals surface area contributed by atoms with Crippen molar-refractivity contribution in [1.29, 1.82) is 0 Å². The predicted molar refractivity (Wildman–Crippen MR) is 152 cm³/mol. The predicted octanol–water partition coefficient (Wildman–Crippen LogP) is 9.47. The number of allylic oxidation sites excluding steroid dienone is 1. The molecule has 0 heterocycles. The van der Waals surface area contributed by atoms with Crippen molar-refractivity contribution in [2.75, 3.05) is 13.2 Å². The molecule has 0 aliphatic heterocycles. The summed E-state index contributed by atoms with van der Waals surface area (Å²) in [5.41, 5.74) is 3.25. The summed E-state index contributed by atoms with van der Waals surface area (Å²) in [6.07, 6.45) is 3.58. The molecule has 3 atom stereocenters. The summed E-state index contributed by atoms with van der Waals surface area (Å²) in [6.45, 7) is 26.2. The van der Waals surface area contributed by atoms with Crippen LogP contribution in [0.3, 0.4) is 0 Å². The molecule has 0 bridgehead atoms. The fourth-order valence-corrected chi connectivity index (χ4v) is 8.77. The molecule has 1 aliphatic rings. The average molecular weight is 698 g/mol. The minimum absolute atomic E-state index is 0.294. The van der Waals surface area contributed by atoms with Gasteiger partial charge in [-0.25, -0.2) is 0 Å². The number of alkyl halides is 1. The van der Waals surface area contributed by atoms with E-state index in [-0.39, 0.29) is 5.41 Å². The van der Waals surface area contributed by atoms with Crippen LogP contribution in [0.1, 0.15) is 58.2 Å². The van der Waals surface area contributed by atoms with Crippen LogP contribution in [0.15, 0.2) is 44.3 Å². The highest BCUT2D eigenvalue weighted by molar-refractivity contribution is 9.12. The molecule has 1 aromatic carbocycles. The van der Waals surface area contributed by atoms with E-state index in [1.165, 1.54) is 11.1 Å². The molecule has 3 unspecified atom stereocenters. The second kappa shape index (κ2) is 9.64. The maximum atomic E-state index is 6.46. The van der Waals surface area contributed by atoms with Crippen LogP contribution in [0.4, 0.5) is 0 Å². The molecule has 0 saturated heterocycles. The van der Waals surface area contributed by atoms with Crippen LogP contribution in [0.5, 0.6) is 5.75 Å². The first-order valence-corrected chi connectivity index (χ1v) is 13.8. The van der Waals surface area contributed by atoms with E-state index in [4.69, 9.17) is 9.47 Å². The number of halogens is 4. The summed E-state index contributed by atoms with van der Waals surface area (Å²) in [7, 11) is 0. The molecule has 2 rings (SSSR count). The summed E-state index contributed by atoms with van der Waals surface area (Å²) in [5.74, 6) is 0.873. The molecule has 0 saturated carbocycles. The quantitative estimate of drug-likeness (QED) is 0.209. The summed E-state index contributed by atoms with van der Waals surface area (Å²) in [6, 6.07) is 0. The van der Waals surface area contributed by atoms with E-state index in [1.807, 2.05) is 6.08 Å². The van der Waals surface area contributed by atoms with Gasteiger partial charge in [0.15, 0.2) is 0 Å². The zero-order valence-corrected chi connectivity index (χ0v) is 26.7. The molecular formula is C26H34Br4O2. The molecule has 0 aromatic heterocycles. The summed E-state index contributed by atoms with van der Waals surface area (Å²) >= 11 is 16.2. The highest BCUT2D eigenvalue weighted by atomic mass is 79.9. The Bertz CT molecular complexity index is 948. The number of hydrogen-bond acceptors (Lipinski definition) is 2. The van der Waals surface area contributed by atoms with Crippen molar-refractivity contribution in [2.45, 2.75) is 70.7 Å². The monoisotopic (exact) mass is 694 g/mol. The molecule has 0 N–H and O–H groups in total. The van der Waals surface area contributed by atoms with E-state index in [2.05, 4.69) is 132 Å². The number of benzene rings is 1. The normalized spacial score (nSPS) is 29.8. The zero-order valence-electron chi connectivity index (χ0n) is 20.3. The molecule has 32 heavy (non-hydrogen) atoms. The maximum Gasteiger partial charge on any atom is 0.127 e. The molecule has 6 heteroatoms. The fraction of sp³-hybridized carbons (Fsp3) is 0.538. The lowest BCUT2D eigenvalue weighted by molar-refractivity contribution is -0.102. The summed E-state index contributed by atoms with van der Waals surface area (Å²) < 4.78 is 15.3. The highest BCUT2D eigenvalue weighted by Crippen LogP contribution is 2.68. The van der Waals surface area contributed by atoms with Crippen LogP contribution in [0.2, 0.25) is 0 Å². The van der Waals surface area contributed by atoms with E-state index in [1.54, 1.807) is 6.08 Å². The van der Waals surface area contributed by atoms with Gasteiger partial charge in [0.25, 0.3) is 0 Å². The average Bonchev–Trinajstić information content (AvgIpc) is 2.73. The Kier molecular flexibility index (Phi) is 8.54. The Hall–Kier alpha value is 0.120. The third-order valence-corrected chi connectivity index (χ3v) is 13.1. The lowest BCUT2D eigenvalue weighted by atomic mass is 9.50. The van der Waals surface area contributed by atoms with Crippen molar-refractivity contribution in [3.63, 3.8) is 0 Å². The minimum atomic E-state index is -0.506. The third kappa shape index (κ3) is 3.79. The van der Waals surface area contributed by atoms with Gasteiger partial charge in [0, 0.05) is 39.7 Å². The minimum Gasteiger partial charge on any atom is -0.489 e. The van der Waals surface area contributed by atoms with Crippen LogP contribution in [-0.2, 0) is 10.2 Å². The van der Waals surface area contributed by atoms with Gasteiger partial charge in [-0.15, -0.1) is 6.58 Å². The second-order valence-corrected chi connectivity index (χ2v) is 13.5. The van der Waals surface area contributed by atoms with Crippen molar-refractivity contribution in [2.24, 2.45) is 5.41 Å². The zero-order chi connectivity index (χ0) is 24.9. The molecule has 0 amide bonds. The Morgan fingerprint density at radius 3 is 1.75 bits per heavy atom. The largest absolute Gasteiger partial charge is 0.489 e. The standard InChI is InChI=1S/C26H34Br4O2/c1-11-13-31-21-15(3)19(27)18(20(28)16(21)4)24(8)22(29)17(5)25(9,32-14-12-2)23(6,7)26(24,10)30/h11-12H,1-2,13-14H2,3-10H3. The topological polar surface area (TPSA) is 18.5 Å². The van der Waals surface area contributed by atoms with E-state index < -0.39 is 15.3 Å². The molecule has 0 spiro atoms. The van der Waals surface area contributed by atoms with Gasteiger partial charge in [-0.2, -0.15) is 0 Å². The van der Waals surface area contributed by atoms with Crippen LogP contribution < -0.4 is 4.74 Å². The number of hydrogen-bond donors (Lipinski definition) is 0. The first kappa shape index (κ1) is 28.4. The van der Waals surface area contributed by atoms with E-state index in [0.717, 1.165) is 30.3 Å². The second-order valence-electron chi connectivity index (χ2n) is 9.51. The number of ether oxygens (including phenoxy) is 2. The van der Waals surface area contributed by atoms with Gasteiger partial charge in [0.05, 0.1) is 12.2 Å². The highest BCUT2D eigenvalue weighted by Gasteiger charge is 2.67. The van der Waals surface area contributed by atoms with Crippen molar-refractivity contribution >= 4 is 63.7 Å².